The van der Waals surface area contributed by atoms with Gasteiger partial charge in [-0.15, -0.1) is 0 Å². The molecule has 37 heavy (non-hydrogen) atoms. The molecular formula is C30H26O7. The van der Waals surface area contributed by atoms with Gasteiger partial charge in [0.25, 0.3) is 0 Å². The monoisotopic (exact) mass is 498 g/mol. The number of esters is 1. The van der Waals surface area contributed by atoms with E-state index in [1.165, 1.54) is 14.2 Å². The van der Waals surface area contributed by atoms with Crippen LogP contribution in [0.1, 0.15) is 6.92 Å². The highest BCUT2D eigenvalue weighted by molar-refractivity contribution is 6.10. The predicted octanol–water partition coefficient (Wildman–Crippen LogP) is 5.59. The molecule has 0 amide bonds. The van der Waals surface area contributed by atoms with Gasteiger partial charge in [0.15, 0.2) is 6.29 Å². The average molecular weight is 499 g/mol. The van der Waals surface area contributed by atoms with Crippen LogP contribution in [-0.2, 0) is 23.7 Å². The van der Waals surface area contributed by atoms with E-state index in [9.17, 15) is 4.79 Å². The minimum absolute atomic E-state index is 0.240. The molecule has 0 spiro atoms. The van der Waals surface area contributed by atoms with Crippen LogP contribution in [-0.4, -0.2) is 45.7 Å². The van der Waals surface area contributed by atoms with Crippen molar-refractivity contribution in [3.8, 4) is 22.6 Å². The standard InChI is InChI=1S/C30H26O7/c1-4-34-28(31)25-26(29(32-2)33-3)27(25)37-30-35-21-15-13-17-9-5-7-11-19(17)23(21)24-20-12-8-6-10-18(20)14-16-22(24)36-30/h5-16,27,29-30H,4H2,1-3H3/t27-/m1/s1. The minimum atomic E-state index is -1.14. The van der Waals surface area contributed by atoms with Crippen LogP contribution in [0.3, 0.4) is 0 Å². The summed E-state index contributed by atoms with van der Waals surface area (Å²) in [6.07, 6.45) is -1.47. The molecule has 0 saturated carbocycles. The Labute approximate surface area is 214 Å². The smallest absolute Gasteiger partial charge is 0.361 e. The van der Waals surface area contributed by atoms with Crippen molar-refractivity contribution in [2.75, 3.05) is 20.8 Å². The minimum Gasteiger partial charge on any atom is -0.463 e. The fraction of sp³-hybridized carbons (Fsp3) is 0.233. The number of ether oxygens (including phenoxy) is 6. The summed E-state index contributed by atoms with van der Waals surface area (Å²) in [5.74, 6) is 0.760. The second-order valence-corrected chi connectivity index (χ2v) is 8.75. The molecule has 6 rings (SSSR count). The summed E-state index contributed by atoms with van der Waals surface area (Å²) < 4.78 is 34.9. The van der Waals surface area contributed by atoms with Crippen molar-refractivity contribution in [1.29, 1.82) is 0 Å². The molecule has 0 fully saturated rings. The Balaban J connectivity index is 1.44. The molecule has 1 heterocycles. The lowest BCUT2D eigenvalue weighted by atomic mass is 9.92. The topological polar surface area (TPSA) is 72.5 Å². The summed E-state index contributed by atoms with van der Waals surface area (Å²) in [7, 11) is 3.00. The highest BCUT2D eigenvalue weighted by Crippen LogP contribution is 2.49. The van der Waals surface area contributed by atoms with Crippen LogP contribution >= 0.6 is 0 Å². The fourth-order valence-corrected chi connectivity index (χ4v) is 5.01. The highest BCUT2D eigenvalue weighted by atomic mass is 16.8. The third-order valence-electron chi connectivity index (χ3n) is 6.67. The van der Waals surface area contributed by atoms with Crippen LogP contribution in [0.15, 0.2) is 83.9 Å². The zero-order chi connectivity index (χ0) is 25.5. The first kappa shape index (κ1) is 23.5. The van der Waals surface area contributed by atoms with E-state index >= 15 is 0 Å². The van der Waals surface area contributed by atoms with E-state index in [2.05, 4.69) is 24.3 Å². The first-order valence-corrected chi connectivity index (χ1v) is 12.1. The molecule has 0 unspecified atom stereocenters. The molecule has 0 radical (unpaired) electrons. The molecule has 0 aromatic heterocycles. The lowest BCUT2D eigenvalue weighted by molar-refractivity contribution is -0.205. The predicted molar refractivity (Wildman–Crippen MR) is 138 cm³/mol. The van der Waals surface area contributed by atoms with Crippen LogP contribution in [0.4, 0.5) is 0 Å². The number of hydrogen-bond donors (Lipinski definition) is 0. The number of rotatable bonds is 7. The molecule has 0 N–H and O–H groups in total. The Hall–Kier alpha value is -3.91. The summed E-state index contributed by atoms with van der Waals surface area (Å²) in [6, 6.07) is 24.2. The van der Waals surface area contributed by atoms with Crippen molar-refractivity contribution in [1.82, 2.24) is 0 Å². The van der Waals surface area contributed by atoms with E-state index < -0.39 is 24.8 Å². The van der Waals surface area contributed by atoms with Crippen molar-refractivity contribution in [3.05, 3.63) is 83.9 Å². The quantitative estimate of drug-likeness (QED) is 0.243. The van der Waals surface area contributed by atoms with E-state index in [1.807, 2.05) is 48.5 Å². The third-order valence-corrected chi connectivity index (χ3v) is 6.67. The number of carbonyl (C=O) groups is 1. The zero-order valence-electron chi connectivity index (χ0n) is 20.7. The molecule has 188 valence electrons. The van der Waals surface area contributed by atoms with Gasteiger partial charge in [-0.1, -0.05) is 60.7 Å². The van der Waals surface area contributed by atoms with Gasteiger partial charge < -0.3 is 23.7 Å². The maximum Gasteiger partial charge on any atom is 0.361 e. The Kier molecular flexibility index (Phi) is 6.04. The van der Waals surface area contributed by atoms with Crippen LogP contribution < -0.4 is 9.47 Å². The van der Waals surface area contributed by atoms with Gasteiger partial charge in [-0.25, -0.2) is 4.79 Å². The summed E-state index contributed by atoms with van der Waals surface area (Å²) in [6.45, 7) is 0.855. The molecule has 0 bridgehead atoms. The van der Waals surface area contributed by atoms with Gasteiger partial charge >= 0.3 is 12.4 Å². The highest BCUT2D eigenvalue weighted by Gasteiger charge is 2.50. The molecule has 7 nitrogen and oxygen atoms in total. The second-order valence-electron chi connectivity index (χ2n) is 8.75. The molecule has 1 atom stereocenters. The van der Waals surface area contributed by atoms with E-state index in [-0.39, 0.29) is 6.61 Å². The largest absolute Gasteiger partial charge is 0.463 e. The number of fused-ring (bicyclic) bond motifs is 7. The number of methoxy groups -OCH3 is 2. The van der Waals surface area contributed by atoms with Crippen LogP contribution in [0.5, 0.6) is 11.5 Å². The van der Waals surface area contributed by atoms with Gasteiger partial charge in [0, 0.05) is 30.9 Å². The molecule has 4 aromatic rings. The van der Waals surface area contributed by atoms with Gasteiger partial charge in [-0.05, 0) is 40.6 Å². The summed E-state index contributed by atoms with van der Waals surface area (Å²) in [5, 5.41) is 4.25. The van der Waals surface area contributed by atoms with E-state index in [0.29, 0.717) is 22.6 Å². The van der Waals surface area contributed by atoms with Gasteiger partial charge in [0.1, 0.15) is 17.6 Å². The molecule has 0 saturated heterocycles. The summed E-state index contributed by atoms with van der Waals surface area (Å²) in [5.41, 5.74) is 2.76. The molecule has 1 aliphatic carbocycles. The number of carbonyl (C=O) groups excluding carboxylic acids is 1. The summed E-state index contributed by atoms with van der Waals surface area (Å²) in [4.78, 5) is 12.6. The number of benzene rings is 4. The van der Waals surface area contributed by atoms with Gasteiger partial charge in [0.2, 0.25) is 0 Å². The maximum absolute atomic E-state index is 12.6. The Morgan fingerprint density at radius 1 is 0.811 bits per heavy atom. The van der Waals surface area contributed by atoms with E-state index in [1.54, 1.807) is 6.92 Å². The van der Waals surface area contributed by atoms with Gasteiger partial charge in [0.05, 0.1) is 12.2 Å². The molecule has 2 aliphatic rings. The van der Waals surface area contributed by atoms with Crippen molar-refractivity contribution in [2.24, 2.45) is 0 Å². The van der Waals surface area contributed by atoms with Crippen molar-refractivity contribution >= 4 is 27.5 Å². The van der Waals surface area contributed by atoms with Crippen molar-refractivity contribution < 1.29 is 33.2 Å². The van der Waals surface area contributed by atoms with Crippen LogP contribution in [0.2, 0.25) is 0 Å². The lowest BCUT2D eigenvalue weighted by Gasteiger charge is -2.20. The first-order chi connectivity index (χ1) is 18.1. The molecule has 4 aromatic carbocycles. The van der Waals surface area contributed by atoms with Gasteiger partial charge in [-0.2, -0.15) is 0 Å². The third kappa shape index (κ3) is 4.01. The average Bonchev–Trinajstić information content (AvgIpc) is 3.65. The van der Waals surface area contributed by atoms with Crippen molar-refractivity contribution in [3.63, 3.8) is 0 Å². The van der Waals surface area contributed by atoms with Crippen LogP contribution in [0, 0.1) is 0 Å². The Bertz CT molecular complexity index is 1450. The SMILES string of the molecule is CCOC(=O)C1=C(C(OC)OC)[C@@H]1OC1Oc2ccc3ccccc3c2-c2c(ccc3ccccc23)O1. The maximum atomic E-state index is 12.6. The Morgan fingerprint density at radius 2 is 1.35 bits per heavy atom. The Morgan fingerprint density at radius 3 is 1.86 bits per heavy atom. The fourth-order valence-electron chi connectivity index (χ4n) is 5.01. The normalized spacial score (nSPS) is 16.7. The van der Waals surface area contributed by atoms with Gasteiger partial charge in [-0.3, -0.25) is 4.74 Å². The van der Waals surface area contributed by atoms with E-state index in [0.717, 1.165) is 32.7 Å². The summed E-state index contributed by atoms with van der Waals surface area (Å²) >= 11 is 0. The number of hydrogen-bond acceptors (Lipinski definition) is 7. The van der Waals surface area contributed by atoms with Crippen LogP contribution in [0.25, 0.3) is 32.7 Å². The second kappa shape index (κ2) is 9.52. The molecule has 7 heteroatoms. The van der Waals surface area contributed by atoms with Crippen molar-refractivity contribution in [2.45, 2.75) is 25.8 Å². The first-order valence-electron chi connectivity index (χ1n) is 12.1. The molecule has 1 aliphatic heterocycles. The zero-order valence-corrected chi connectivity index (χ0v) is 20.7. The van der Waals surface area contributed by atoms with E-state index in [4.69, 9.17) is 28.4 Å². The lowest BCUT2D eigenvalue weighted by Crippen LogP contribution is -2.30. The molecular weight excluding hydrogens is 472 g/mol.